The molecule has 0 spiro atoms. The van der Waals surface area contributed by atoms with Crippen molar-refractivity contribution in [1.82, 2.24) is 9.97 Å². The lowest BCUT2D eigenvalue weighted by Gasteiger charge is -2.21. The van der Waals surface area contributed by atoms with Gasteiger partial charge < -0.3 is 23.8 Å². The van der Waals surface area contributed by atoms with E-state index in [4.69, 9.17) is 18.9 Å². The van der Waals surface area contributed by atoms with E-state index in [0.717, 1.165) is 22.3 Å². The zero-order chi connectivity index (χ0) is 19.4. The van der Waals surface area contributed by atoms with Crippen LogP contribution in [0.4, 0.5) is 5.82 Å². The maximum absolute atomic E-state index is 5.42. The molecule has 0 saturated carbocycles. The van der Waals surface area contributed by atoms with Crippen molar-refractivity contribution < 1.29 is 18.9 Å². The number of rotatable bonds is 7. The van der Waals surface area contributed by atoms with E-state index in [9.17, 15) is 0 Å². The quantitative estimate of drug-likeness (QED) is 0.633. The average molecular weight is 369 g/mol. The van der Waals surface area contributed by atoms with Crippen LogP contribution in [0.5, 0.6) is 23.0 Å². The van der Waals surface area contributed by atoms with Gasteiger partial charge in [0, 0.05) is 25.0 Å². The number of nitrogens with zero attached hydrogens (tertiary/aromatic N) is 3. The second-order valence-corrected chi connectivity index (χ2v) is 5.97. The number of methoxy groups -OCH3 is 4. The summed E-state index contributed by atoms with van der Waals surface area (Å²) in [5.41, 5.74) is 1.86. The van der Waals surface area contributed by atoms with E-state index >= 15 is 0 Å². The second-order valence-electron chi connectivity index (χ2n) is 5.97. The monoisotopic (exact) mass is 369 g/mol. The SMILES string of the molecule is COc1ccc(CN(C)c2ncnc3cc(OC)c(OC)cc23)cc1OC. The zero-order valence-electron chi connectivity index (χ0n) is 16.1. The Hall–Kier alpha value is -3.22. The third kappa shape index (κ3) is 3.67. The summed E-state index contributed by atoms with van der Waals surface area (Å²) < 4.78 is 21.5. The summed E-state index contributed by atoms with van der Waals surface area (Å²) in [4.78, 5) is 10.9. The molecule has 0 bridgehead atoms. The van der Waals surface area contributed by atoms with E-state index in [1.807, 2.05) is 37.4 Å². The largest absolute Gasteiger partial charge is 0.493 e. The number of hydrogen-bond donors (Lipinski definition) is 0. The molecule has 7 nitrogen and oxygen atoms in total. The highest BCUT2D eigenvalue weighted by molar-refractivity contribution is 5.91. The van der Waals surface area contributed by atoms with Crippen LogP contribution in [0.3, 0.4) is 0 Å². The van der Waals surface area contributed by atoms with Gasteiger partial charge >= 0.3 is 0 Å². The molecule has 1 aromatic heterocycles. The van der Waals surface area contributed by atoms with Gasteiger partial charge in [0.2, 0.25) is 0 Å². The van der Waals surface area contributed by atoms with Gasteiger partial charge in [0.1, 0.15) is 12.1 Å². The number of anilines is 1. The first-order valence-electron chi connectivity index (χ1n) is 8.40. The third-order valence-corrected chi connectivity index (χ3v) is 4.35. The molecule has 0 atom stereocenters. The molecular formula is C20H23N3O4. The molecule has 1 heterocycles. The van der Waals surface area contributed by atoms with Crippen LogP contribution in [0.2, 0.25) is 0 Å². The number of fused-ring (bicyclic) bond motifs is 1. The molecular weight excluding hydrogens is 346 g/mol. The number of ether oxygens (including phenoxy) is 4. The Bertz CT molecular complexity index is 946. The van der Waals surface area contributed by atoms with Crippen LogP contribution >= 0.6 is 0 Å². The molecule has 0 aliphatic rings. The van der Waals surface area contributed by atoms with Crippen molar-refractivity contribution in [3.8, 4) is 23.0 Å². The third-order valence-electron chi connectivity index (χ3n) is 4.35. The summed E-state index contributed by atoms with van der Waals surface area (Å²) in [5, 5.41) is 0.887. The summed E-state index contributed by atoms with van der Waals surface area (Å²) in [6.07, 6.45) is 1.55. The van der Waals surface area contributed by atoms with Gasteiger partial charge in [-0.25, -0.2) is 9.97 Å². The predicted molar refractivity (Wildman–Crippen MR) is 104 cm³/mol. The van der Waals surface area contributed by atoms with Crippen molar-refractivity contribution >= 4 is 16.7 Å². The highest BCUT2D eigenvalue weighted by atomic mass is 16.5. The van der Waals surface area contributed by atoms with Crippen LogP contribution in [0.15, 0.2) is 36.7 Å². The van der Waals surface area contributed by atoms with Gasteiger partial charge in [-0.1, -0.05) is 6.07 Å². The van der Waals surface area contributed by atoms with Crippen LogP contribution in [0.1, 0.15) is 5.56 Å². The van der Waals surface area contributed by atoms with Crippen molar-refractivity contribution in [2.75, 3.05) is 40.4 Å². The molecule has 7 heteroatoms. The molecule has 0 unspecified atom stereocenters. The minimum absolute atomic E-state index is 0.636. The lowest BCUT2D eigenvalue weighted by atomic mass is 10.1. The zero-order valence-corrected chi connectivity index (χ0v) is 16.1. The highest BCUT2D eigenvalue weighted by Gasteiger charge is 2.14. The molecule has 3 aromatic rings. The first-order valence-corrected chi connectivity index (χ1v) is 8.40. The molecule has 27 heavy (non-hydrogen) atoms. The first-order chi connectivity index (χ1) is 13.1. The molecule has 0 fully saturated rings. The minimum atomic E-state index is 0.636. The molecule has 0 aliphatic carbocycles. The Labute approximate surface area is 158 Å². The highest BCUT2D eigenvalue weighted by Crippen LogP contribution is 2.35. The minimum Gasteiger partial charge on any atom is -0.493 e. The van der Waals surface area contributed by atoms with Crippen molar-refractivity contribution in [3.63, 3.8) is 0 Å². The summed E-state index contributed by atoms with van der Waals surface area (Å²) in [7, 11) is 8.45. The fourth-order valence-electron chi connectivity index (χ4n) is 3.00. The van der Waals surface area contributed by atoms with Crippen LogP contribution < -0.4 is 23.8 Å². The van der Waals surface area contributed by atoms with Gasteiger partial charge in [0.25, 0.3) is 0 Å². The lowest BCUT2D eigenvalue weighted by Crippen LogP contribution is -2.18. The molecule has 0 saturated heterocycles. The van der Waals surface area contributed by atoms with Crippen molar-refractivity contribution in [2.45, 2.75) is 6.54 Å². The summed E-state index contributed by atoms with van der Waals surface area (Å²) in [6.45, 7) is 0.640. The van der Waals surface area contributed by atoms with E-state index in [0.29, 0.717) is 29.5 Å². The molecule has 2 aromatic carbocycles. The van der Waals surface area contributed by atoms with Crippen molar-refractivity contribution in [3.05, 3.63) is 42.2 Å². The Balaban J connectivity index is 1.97. The average Bonchev–Trinajstić information content (AvgIpc) is 2.71. The molecule has 0 N–H and O–H groups in total. The summed E-state index contributed by atoms with van der Waals surface area (Å²) >= 11 is 0. The van der Waals surface area contributed by atoms with E-state index < -0.39 is 0 Å². The van der Waals surface area contributed by atoms with Crippen LogP contribution in [-0.4, -0.2) is 45.5 Å². The van der Waals surface area contributed by atoms with Crippen molar-refractivity contribution in [2.24, 2.45) is 0 Å². The Morgan fingerprint density at radius 1 is 0.778 bits per heavy atom. The van der Waals surface area contributed by atoms with Crippen LogP contribution in [-0.2, 0) is 6.54 Å². The number of benzene rings is 2. The van der Waals surface area contributed by atoms with Gasteiger partial charge in [-0.2, -0.15) is 0 Å². The first kappa shape index (κ1) is 18.6. The van der Waals surface area contributed by atoms with E-state index in [1.165, 1.54) is 0 Å². The van der Waals surface area contributed by atoms with E-state index in [1.54, 1.807) is 34.8 Å². The van der Waals surface area contributed by atoms with Gasteiger partial charge in [0.05, 0.1) is 34.0 Å². The molecule has 3 rings (SSSR count). The molecule has 0 amide bonds. The van der Waals surface area contributed by atoms with Gasteiger partial charge in [-0.3, -0.25) is 0 Å². The van der Waals surface area contributed by atoms with E-state index in [-0.39, 0.29) is 0 Å². The van der Waals surface area contributed by atoms with Crippen LogP contribution in [0, 0.1) is 0 Å². The Morgan fingerprint density at radius 2 is 1.41 bits per heavy atom. The van der Waals surface area contributed by atoms with E-state index in [2.05, 4.69) is 14.9 Å². The number of hydrogen-bond acceptors (Lipinski definition) is 7. The normalized spacial score (nSPS) is 10.6. The Morgan fingerprint density at radius 3 is 2.07 bits per heavy atom. The topological polar surface area (TPSA) is 65.9 Å². The van der Waals surface area contributed by atoms with Gasteiger partial charge in [-0.05, 0) is 23.8 Å². The van der Waals surface area contributed by atoms with Gasteiger partial charge in [-0.15, -0.1) is 0 Å². The molecule has 0 radical (unpaired) electrons. The standard InChI is InChI=1S/C20H23N3O4/c1-23(11-13-6-7-16(24-2)17(8-13)25-3)20-14-9-18(26-4)19(27-5)10-15(14)21-12-22-20/h6-10,12H,11H2,1-5H3. The summed E-state index contributed by atoms with van der Waals surface area (Å²) in [5.74, 6) is 3.48. The Kier molecular flexibility index (Phi) is 5.49. The van der Waals surface area contributed by atoms with Gasteiger partial charge in [0.15, 0.2) is 23.0 Å². The van der Waals surface area contributed by atoms with Crippen molar-refractivity contribution in [1.29, 1.82) is 0 Å². The maximum atomic E-state index is 5.42. The van der Waals surface area contributed by atoms with Crippen LogP contribution in [0.25, 0.3) is 10.9 Å². The molecule has 0 aliphatic heterocycles. The maximum Gasteiger partial charge on any atom is 0.162 e. The second kappa shape index (κ2) is 7.99. The fraction of sp³-hybridized carbons (Fsp3) is 0.300. The fourth-order valence-corrected chi connectivity index (χ4v) is 3.00. The number of aromatic nitrogens is 2. The molecule has 142 valence electrons. The lowest BCUT2D eigenvalue weighted by molar-refractivity contribution is 0.354. The predicted octanol–water partition coefficient (Wildman–Crippen LogP) is 3.30. The summed E-state index contributed by atoms with van der Waals surface area (Å²) in [6, 6.07) is 9.61. The smallest absolute Gasteiger partial charge is 0.162 e.